The number of pyridine rings is 2. The Morgan fingerprint density at radius 3 is 1.18 bits per heavy atom. The van der Waals surface area contributed by atoms with Gasteiger partial charge in [0.2, 0.25) is 0 Å². The summed E-state index contributed by atoms with van der Waals surface area (Å²) < 4.78 is 4.23. The van der Waals surface area contributed by atoms with Crippen molar-refractivity contribution in [3.63, 3.8) is 0 Å². The van der Waals surface area contributed by atoms with Crippen molar-refractivity contribution in [1.29, 1.82) is 0 Å². The molecule has 0 aliphatic carbocycles. The van der Waals surface area contributed by atoms with Gasteiger partial charge < -0.3 is 10.4 Å². The lowest BCUT2D eigenvalue weighted by Crippen LogP contribution is -2.38. The average molecular weight is 439 g/mol. The van der Waals surface area contributed by atoms with E-state index in [2.05, 4.69) is 19.4 Å². The molecule has 0 saturated heterocycles. The second-order valence-corrected chi connectivity index (χ2v) is 7.63. The maximum absolute atomic E-state index is 9.46. The number of aryl methyl sites for hydroxylation is 2. The van der Waals surface area contributed by atoms with Gasteiger partial charge in [-0.05, 0) is 0 Å². The van der Waals surface area contributed by atoms with E-state index >= 15 is 0 Å². The lowest BCUT2D eigenvalue weighted by atomic mass is 10.0. The third kappa shape index (κ3) is 5.49. The van der Waals surface area contributed by atoms with Crippen molar-refractivity contribution in [1.82, 2.24) is 0 Å². The van der Waals surface area contributed by atoms with Crippen LogP contribution in [0.5, 0.6) is 0 Å². The zero-order valence-corrected chi connectivity index (χ0v) is 18.2. The Hall–Kier alpha value is -4.32. The van der Waals surface area contributed by atoms with Gasteiger partial charge in [-0.2, -0.15) is 0 Å². The van der Waals surface area contributed by atoms with Crippen molar-refractivity contribution >= 4 is 11.4 Å². The van der Waals surface area contributed by atoms with Crippen LogP contribution in [-0.2, 0) is 13.1 Å². The third-order valence-corrected chi connectivity index (χ3v) is 5.46. The first-order valence-electron chi connectivity index (χ1n) is 10.8. The Bertz CT molecular complexity index is 1120. The molecule has 0 spiro atoms. The highest BCUT2D eigenvalue weighted by molar-refractivity contribution is 6.12. The summed E-state index contributed by atoms with van der Waals surface area (Å²) in [7, 11) is 0. The van der Waals surface area contributed by atoms with Gasteiger partial charge in [0.25, 0.3) is 0 Å². The number of hydrogen-bond donors (Lipinski definition) is 2. The van der Waals surface area contributed by atoms with E-state index in [0.29, 0.717) is 11.4 Å². The van der Waals surface area contributed by atoms with Gasteiger partial charge in [0.1, 0.15) is 11.4 Å². The van der Waals surface area contributed by atoms with Gasteiger partial charge in [-0.3, -0.25) is 0 Å². The highest BCUT2D eigenvalue weighted by Crippen LogP contribution is 2.10. The van der Waals surface area contributed by atoms with Crippen molar-refractivity contribution in [2.45, 2.75) is 19.5 Å². The van der Waals surface area contributed by atoms with Crippen molar-refractivity contribution in [2.24, 2.45) is 10.3 Å². The van der Waals surface area contributed by atoms with Crippen LogP contribution in [0.25, 0.3) is 0 Å². The van der Waals surface area contributed by atoms with E-state index in [4.69, 9.17) is 0 Å². The molecule has 0 unspecified atom stereocenters. The van der Waals surface area contributed by atoms with Gasteiger partial charge in [0, 0.05) is 46.5 Å². The molecule has 0 aliphatic heterocycles. The molecule has 0 radical (unpaired) electrons. The minimum atomic E-state index is 0.555. The van der Waals surface area contributed by atoms with Crippen LogP contribution in [0.15, 0.2) is 120 Å². The fourth-order valence-corrected chi connectivity index (χ4v) is 3.72. The summed E-state index contributed by atoms with van der Waals surface area (Å²) in [6, 6.07) is 27.1. The first-order chi connectivity index (χ1) is 16.3. The summed E-state index contributed by atoms with van der Waals surface area (Å²) in [5.74, 6) is 0. The van der Waals surface area contributed by atoms with E-state index in [1.54, 1.807) is 0 Å². The number of aromatic nitrogens is 2. The normalized spacial score (nSPS) is 12.0. The van der Waals surface area contributed by atoms with E-state index in [1.807, 2.05) is 110 Å². The fourth-order valence-electron chi connectivity index (χ4n) is 3.72. The number of nitrogens with zero attached hydrogens (tertiary/aromatic N) is 4. The molecule has 0 aliphatic rings. The molecule has 4 aromatic rings. The van der Waals surface area contributed by atoms with E-state index < -0.39 is 0 Å². The second kappa shape index (κ2) is 10.8. The number of rotatable bonds is 8. The van der Waals surface area contributed by atoms with Crippen LogP contribution in [0.4, 0.5) is 0 Å². The summed E-state index contributed by atoms with van der Waals surface area (Å²) in [6.45, 7) is 1.72. The predicted molar refractivity (Wildman–Crippen MR) is 126 cm³/mol. The van der Waals surface area contributed by atoms with Crippen molar-refractivity contribution in [2.75, 3.05) is 0 Å². The van der Waals surface area contributed by atoms with E-state index in [-0.39, 0.29) is 0 Å². The van der Waals surface area contributed by atoms with Gasteiger partial charge >= 0.3 is 0 Å². The molecule has 0 amide bonds. The lowest BCUT2D eigenvalue weighted by molar-refractivity contribution is -0.726. The molecule has 2 aromatic carbocycles. The first kappa shape index (κ1) is 21.9. The monoisotopic (exact) mass is 438 g/mol. The molecule has 164 valence electrons. The maximum Gasteiger partial charge on any atom is 0.169 e. The van der Waals surface area contributed by atoms with Crippen LogP contribution in [0, 0.1) is 0 Å². The molecule has 33 heavy (non-hydrogen) atoms. The van der Waals surface area contributed by atoms with Crippen LogP contribution in [0.3, 0.4) is 0 Å². The molecule has 0 fully saturated rings. The highest BCUT2D eigenvalue weighted by Gasteiger charge is 2.12. The number of oxime groups is 2. The predicted octanol–water partition coefficient (Wildman–Crippen LogP) is 3.81. The number of hydrogen-bond acceptors (Lipinski definition) is 4. The molecule has 0 atom stereocenters. The largest absolute Gasteiger partial charge is 0.410 e. The SMILES string of the molecule is ON=C(c1ccccc1)c1cc[n+](CCC[n+]2ccc(C(=NO)c3ccccc3)cc2)cc1. The molecule has 0 bridgehead atoms. The second-order valence-electron chi connectivity index (χ2n) is 7.63. The van der Waals surface area contributed by atoms with Crippen molar-refractivity contribution in [3.05, 3.63) is 132 Å². The Kier molecular flexibility index (Phi) is 7.18. The van der Waals surface area contributed by atoms with Gasteiger partial charge in [-0.25, -0.2) is 9.13 Å². The maximum atomic E-state index is 9.46. The smallest absolute Gasteiger partial charge is 0.169 e. The Balaban J connectivity index is 1.34. The molecule has 2 aromatic heterocycles. The lowest BCUT2D eigenvalue weighted by Gasteiger charge is -2.05. The minimum Gasteiger partial charge on any atom is -0.410 e. The summed E-state index contributed by atoms with van der Waals surface area (Å²) >= 11 is 0. The van der Waals surface area contributed by atoms with Crippen LogP contribution >= 0.6 is 0 Å². The van der Waals surface area contributed by atoms with Crippen molar-refractivity contribution in [3.8, 4) is 0 Å². The van der Waals surface area contributed by atoms with E-state index in [0.717, 1.165) is 41.8 Å². The van der Waals surface area contributed by atoms with Crippen LogP contribution < -0.4 is 9.13 Å². The third-order valence-electron chi connectivity index (χ3n) is 5.46. The molecule has 2 heterocycles. The van der Waals surface area contributed by atoms with Crippen LogP contribution in [0.2, 0.25) is 0 Å². The Morgan fingerprint density at radius 1 is 0.515 bits per heavy atom. The molecule has 6 heteroatoms. The standard InChI is InChI=1S/C27H24N4O2/c32-28-26(22-8-3-1-4-9-22)24-12-18-30(19-13-24)16-7-17-31-20-14-25(15-21-31)27(29-33)23-10-5-2-6-11-23/h1-6,8-15,18-21H,7,16-17H2/p+2. The minimum absolute atomic E-state index is 0.555. The quantitative estimate of drug-likeness (QED) is 0.190. The number of benzene rings is 2. The summed E-state index contributed by atoms with van der Waals surface area (Å²) in [5.41, 5.74) is 4.59. The van der Waals surface area contributed by atoms with Gasteiger partial charge in [-0.15, -0.1) is 0 Å². The summed E-state index contributed by atoms with van der Waals surface area (Å²) in [4.78, 5) is 0. The highest BCUT2D eigenvalue weighted by atomic mass is 16.4. The average Bonchev–Trinajstić information content (AvgIpc) is 2.88. The first-order valence-corrected chi connectivity index (χ1v) is 10.8. The zero-order valence-electron chi connectivity index (χ0n) is 18.2. The molecule has 6 nitrogen and oxygen atoms in total. The fraction of sp³-hybridized carbons (Fsp3) is 0.111. The van der Waals surface area contributed by atoms with Gasteiger partial charge in [0.05, 0.1) is 6.42 Å². The van der Waals surface area contributed by atoms with Gasteiger partial charge in [0.15, 0.2) is 37.9 Å². The van der Waals surface area contributed by atoms with Crippen molar-refractivity contribution < 1.29 is 19.5 Å². The topological polar surface area (TPSA) is 72.9 Å². The van der Waals surface area contributed by atoms with E-state index in [9.17, 15) is 10.4 Å². The van der Waals surface area contributed by atoms with Gasteiger partial charge in [-0.1, -0.05) is 71.0 Å². The molecular formula is C27H26N4O2+2. The Labute approximate surface area is 193 Å². The Morgan fingerprint density at radius 2 is 0.848 bits per heavy atom. The summed E-state index contributed by atoms with van der Waals surface area (Å²) in [6.07, 6.45) is 8.96. The van der Waals surface area contributed by atoms with E-state index in [1.165, 1.54) is 0 Å². The summed E-state index contributed by atoms with van der Waals surface area (Å²) in [5, 5.41) is 25.9. The molecule has 2 N–H and O–H groups in total. The molecule has 4 rings (SSSR count). The van der Waals surface area contributed by atoms with Crippen LogP contribution in [0.1, 0.15) is 28.7 Å². The molecule has 0 saturated carbocycles. The molecular weight excluding hydrogens is 412 g/mol. The van der Waals surface area contributed by atoms with Crippen LogP contribution in [-0.4, -0.2) is 21.8 Å². The zero-order chi connectivity index (χ0) is 22.9.